The number of nitrogens with zero attached hydrogens (tertiary/aromatic N) is 1. The molecule has 3 rings (SSSR count). The highest BCUT2D eigenvalue weighted by atomic mass is 16.4. The van der Waals surface area contributed by atoms with Crippen LogP contribution in [0.25, 0.3) is 5.57 Å². The number of piperidine rings is 1. The number of carbonyl (C=O) groups excluding carboxylic acids is 1. The van der Waals surface area contributed by atoms with Crippen LogP contribution in [0.4, 0.5) is 5.69 Å². The molecule has 3 N–H and O–H groups in total. The summed E-state index contributed by atoms with van der Waals surface area (Å²) in [5, 5.41) is 9.08. The Hall–Kier alpha value is -3.08. The van der Waals surface area contributed by atoms with E-state index in [1.54, 1.807) is 12.1 Å². The molecule has 1 amide bonds. The summed E-state index contributed by atoms with van der Waals surface area (Å²) in [6, 6.07) is 14.2. The van der Waals surface area contributed by atoms with Gasteiger partial charge < -0.3 is 15.7 Å². The third-order valence-corrected chi connectivity index (χ3v) is 5.07. The minimum Gasteiger partial charge on any atom is -0.478 e. The van der Waals surface area contributed by atoms with Crippen LogP contribution in [0.2, 0.25) is 0 Å². The largest absolute Gasteiger partial charge is 0.478 e. The maximum Gasteiger partial charge on any atom is 0.335 e. The lowest BCUT2D eigenvalue weighted by atomic mass is 9.85. The average molecular weight is 364 g/mol. The first-order chi connectivity index (χ1) is 13.0. The molecule has 0 saturated carbocycles. The van der Waals surface area contributed by atoms with E-state index in [-0.39, 0.29) is 5.56 Å². The highest BCUT2D eigenvalue weighted by Crippen LogP contribution is 2.36. The lowest BCUT2D eigenvalue weighted by Gasteiger charge is -2.32. The van der Waals surface area contributed by atoms with Gasteiger partial charge in [-0.1, -0.05) is 36.9 Å². The summed E-state index contributed by atoms with van der Waals surface area (Å²) < 4.78 is 0. The number of nitrogens with two attached hydrogens (primary N) is 1. The molecule has 1 saturated heterocycles. The zero-order chi connectivity index (χ0) is 19.4. The Bertz CT molecular complexity index is 852. The first-order valence-electron chi connectivity index (χ1n) is 9.14. The van der Waals surface area contributed by atoms with Crippen molar-refractivity contribution in [2.45, 2.75) is 25.2 Å². The number of aromatic carboxylic acids is 1. The van der Waals surface area contributed by atoms with Crippen LogP contribution in [-0.4, -0.2) is 30.1 Å². The lowest BCUT2D eigenvalue weighted by molar-refractivity contribution is -0.118. The number of carboxylic acids is 1. The Morgan fingerprint density at radius 3 is 2.22 bits per heavy atom. The van der Waals surface area contributed by atoms with Crippen molar-refractivity contribution in [2.75, 3.05) is 18.0 Å². The van der Waals surface area contributed by atoms with Crippen LogP contribution in [0, 0.1) is 0 Å². The molecule has 27 heavy (non-hydrogen) atoms. The number of hydrogen-bond acceptors (Lipinski definition) is 3. The zero-order valence-electron chi connectivity index (χ0n) is 15.2. The predicted molar refractivity (Wildman–Crippen MR) is 107 cm³/mol. The Kier molecular flexibility index (Phi) is 5.60. The Labute approximate surface area is 159 Å². The summed E-state index contributed by atoms with van der Waals surface area (Å²) >= 11 is 0. The molecule has 1 aliphatic heterocycles. The van der Waals surface area contributed by atoms with E-state index in [0.29, 0.717) is 11.1 Å². The second-order valence-corrected chi connectivity index (χ2v) is 6.85. The fraction of sp³-hybridized carbons (Fsp3) is 0.273. The van der Waals surface area contributed by atoms with E-state index in [1.165, 1.54) is 18.6 Å². The van der Waals surface area contributed by atoms with Crippen LogP contribution in [0.1, 0.15) is 46.7 Å². The van der Waals surface area contributed by atoms with Crippen LogP contribution < -0.4 is 10.6 Å². The van der Waals surface area contributed by atoms with E-state index in [0.717, 1.165) is 37.2 Å². The molecule has 1 unspecified atom stereocenters. The number of benzene rings is 2. The highest BCUT2D eigenvalue weighted by Gasteiger charge is 2.25. The molecular formula is C22H24N2O3. The fourth-order valence-electron chi connectivity index (χ4n) is 3.67. The van der Waals surface area contributed by atoms with Crippen molar-refractivity contribution in [1.29, 1.82) is 0 Å². The molecule has 0 spiro atoms. The number of carbonyl (C=O) groups is 2. The molecule has 2 aromatic carbocycles. The summed E-state index contributed by atoms with van der Waals surface area (Å²) in [7, 11) is 0. The molecule has 1 heterocycles. The number of carboxylic acid groups (broad SMARTS) is 1. The summed E-state index contributed by atoms with van der Waals surface area (Å²) in [5.41, 5.74) is 9.12. The number of para-hydroxylation sites is 1. The highest BCUT2D eigenvalue weighted by molar-refractivity contribution is 5.98. The monoisotopic (exact) mass is 364 g/mol. The van der Waals surface area contributed by atoms with Gasteiger partial charge in [0, 0.05) is 24.3 Å². The van der Waals surface area contributed by atoms with Gasteiger partial charge in [0.25, 0.3) is 0 Å². The molecular weight excluding hydrogens is 340 g/mol. The minimum atomic E-state index is -1.01. The van der Waals surface area contributed by atoms with Crippen molar-refractivity contribution in [3.63, 3.8) is 0 Å². The van der Waals surface area contributed by atoms with Crippen LogP contribution in [-0.2, 0) is 4.79 Å². The van der Waals surface area contributed by atoms with Crippen molar-refractivity contribution in [3.8, 4) is 0 Å². The summed E-state index contributed by atoms with van der Waals surface area (Å²) in [5.74, 6) is -2.22. The van der Waals surface area contributed by atoms with Crippen LogP contribution in [0.5, 0.6) is 0 Å². The molecule has 0 aliphatic carbocycles. The number of amides is 1. The fourth-order valence-corrected chi connectivity index (χ4v) is 3.67. The Morgan fingerprint density at radius 1 is 1.00 bits per heavy atom. The minimum absolute atomic E-state index is 0.168. The molecule has 0 aromatic heterocycles. The van der Waals surface area contributed by atoms with E-state index < -0.39 is 17.8 Å². The van der Waals surface area contributed by atoms with Gasteiger partial charge in [0.1, 0.15) is 0 Å². The second kappa shape index (κ2) is 8.08. The molecule has 1 atom stereocenters. The van der Waals surface area contributed by atoms with Crippen LogP contribution in [0.3, 0.4) is 0 Å². The molecule has 0 radical (unpaired) electrons. The maximum atomic E-state index is 12.3. The number of primary amides is 1. The van der Waals surface area contributed by atoms with E-state index in [4.69, 9.17) is 10.8 Å². The smallest absolute Gasteiger partial charge is 0.335 e. The van der Waals surface area contributed by atoms with Gasteiger partial charge in [0.2, 0.25) is 5.91 Å². The third kappa shape index (κ3) is 4.03. The van der Waals surface area contributed by atoms with Gasteiger partial charge in [-0.15, -0.1) is 0 Å². The average Bonchev–Trinajstić information content (AvgIpc) is 2.69. The van der Waals surface area contributed by atoms with Crippen molar-refractivity contribution >= 4 is 23.1 Å². The Balaban J connectivity index is 1.96. The summed E-state index contributed by atoms with van der Waals surface area (Å²) in [4.78, 5) is 25.7. The normalized spacial score (nSPS) is 15.2. The Morgan fingerprint density at radius 2 is 1.63 bits per heavy atom. The zero-order valence-corrected chi connectivity index (χ0v) is 15.2. The molecule has 140 valence electrons. The molecule has 5 nitrogen and oxygen atoms in total. The van der Waals surface area contributed by atoms with Crippen molar-refractivity contribution in [1.82, 2.24) is 0 Å². The topological polar surface area (TPSA) is 83.6 Å². The number of anilines is 1. The predicted octanol–water partition coefficient (Wildman–Crippen LogP) is 3.66. The standard InChI is InChI=1S/C22H24N2O3/c1-15(18-7-3-4-8-19(18)24-13-5-2-6-14-24)20(21(23)25)16-9-11-17(12-10-16)22(26)27/h3-4,7-12,20H,1-2,5-6,13-14H2,(H2,23,25)(H,26,27). The van der Waals surface area contributed by atoms with Gasteiger partial charge >= 0.3 is 5.97 Å². The van der Waals surface area contributed by atoms with Gasteiger partial charge in [-0.2, -0.15) is 0 Å². The lowest BCUT2D eigenvalue weighted by Crippen LogP contribution is -2.30. The second-order valence-electron chi connectivity index (χ2n) is 6.85. The number of rotatable bonds is 6. The van der Waals surface area contributed by atoms with E-state index >= 15 is 0 Å². The van der Waals surface area contributed by atoms with Crippen molar-refractivity contribution < 1.29 is 14.7 Å². The number of hydrogen-bond donors (Lipinski definition) is 2. The van der Waals surface area contributed by atoms with Crippen LogP contribution in [0.15, 0.2) is 55.1 Å². The van der Waals surface area contributed by atoms with Crippen LogP contribution >= 0.6 is 0 Å². The molecule has 1 fully saturated rings. The SMILES string of the molecule is C=C(c1ccccc1N1CCCCC1)C(C(N)=O)c1ccc(C(=O)O)cc1. The third-order valence-electron chi connectivity index (χ3n) is 5.07. The summed E-state index contributed by atoms with van der Waals surface area (Å²) in [6.45, 7) is 6.16. The quantitative estimate of drug-likeness (QED) is 0.819. The maximum absolute atomic E-state index is 12.3. The molecule has 5 heteroatoms. The van der Waals surface area contributed by atoms with E-state index in [9.17, 15) is 9.59 Å². The summed E-state index contributed by atoms with van der Waals surface area (Å²) in [6.07, 6.45) is 3.53. The first-order valence-corrected chi connectivity index (χ1v) is 9.14. The van der Waals surface area contributed by atoms with Gasteiger partial charge in [-0.3, -0.25) is 4.79 Å². The van der Waals surface area contributed by atoms with Gasteiger partial charge in [-0.25, -0.2) is 4.79 Å². The molecule has 1 aliphatic rings. The molecule has 2 aromatic rings. The van der Waals surface area contributed by atoms with Gasteiger partial charge in [0.15, 0.2) is 0 Å². The van der Waals surface area contributed by atoms with E-state index in [1.807, 2.05) is 18.2 Å². The van der Waals surface area contributed by atoms with Gasteiger partial charge in [0.05, 0.1) is 11.5 Å². The first kappa shape index (κ1) is 18.7. The molecule has 0 bridgehead atoms. The van der Waals surface area contributed by atoms with Crippen molar-refractivity contribution in [2.24, 2.45) is 5.73 Å². The van der Waals surface area contributed by atoms with Crippen molar-refractivity contribution in [3.05, 3.63) is 71.8 Å². The van der Waals surface area contributed by atoms with Gasteiger partial charge in [-0.05, 0) is 48.6 Å². The van der Waals surface area contributed by atoms with E-state index in [2.05, 4.69) is 17.5 Å².